The normalized spacial score (nSPS) is 10.7. The Morgan fingerprint density at radius 3 is 2.42 bits per heavy atom. The van der Waals surface area contributed by atoms with Gasteiger partial charge >= 0.3 is 0 Å². The molecule has 0 spiro atoms. The summed E-state index contributed by atoms with van der Waals surface area (Å²) in [5.41, 5.74) is 0.504. The van der Waals surface area contributed by atoms with Gasteiger partial charge in [0.2, 0.25) is 0 Å². The van der Waals surface area contributed by atoms with Gasteiger partial charge in [0, 0.05) is 17.7 Å². The van der Waals surface area contributed by atoms with Gasteiger partial charge in [0.15, 0.2) is 16.8 Å². The highest BCUT2D eigenvalue weighted by molar-refractivity contribution is 5.85. The highest BCUT2D eigenvalue weighted by atomic mass is 16.4. The zero-order valence-corrected chi connectivity index (χ0v) is 9.83. The van der Waals surface area contributed by atoms with Crippen molar-refractivity contribution < 1.29 is 14.6 Å². The minimum atomic E-state index is -0.314. The minimum absolute atomic E-state index is 0.0733. The highest BCUT2D eigenvalue weighted by Crippen LogP contribution is 2.30. The Morgan fingerprint density at radius 2 is 1.68 bits per heavy atom. The molecule has 3 rings (SSSR count). The maximum Gasteiger partial charge on any atom is 0.193 e. The second-order valence-corrected chi connectivity index (χ2v) is 4.18. The molecular weight excluding hydrogens is 244 g/mol. The molecule has 0 aliphatic rings. The SMILES string of the molecule is O=c1cc(-c2ccccc2)oc2c(O)cc(O)cc12. The summed E-state index contributed by atoms with van der Waals surface area (Å²) in [6.45, 7) is 0. The van der Waals surface area contributed by atoms with Crippen LogP contribution in [-0.4, -0.2) is 10.2 Å². The fraction of sp³-hybridized carbons (Fsp3) is 0. The maximum atomic E-state index is 12.0. The van der Waals surface area contributed by atoms with Crippen molar-refractivity contribution >= 4 is 11.0 Å². The van der Waals surface area contributed by atoms with Gasteiger partial charge in [-0.05, 0) is 6.07 Å². The molecule has 0 radical (unpaired) electrons. The molecule has 1 aromatic heterocycles. The Labute approximate surface area is 108 Å². The molecule has 0 saturated carbocycles. The van der Waals surface area contributed by atoms with E-state index in [1.54, 1.807) is 0 Å². The average molecular weight is 254 g/mol. The second kappa shape index (κ2) is 4.17. The molecule has 3 aromatic rings. The van der Waals surface area contributed by atoms with Crippen LogP contribution in [-0.2, 0) is 0 Å². The average Bonchev–Trinajstić information content (AvgIpc) is 2.41. The lowest BCUT2D eigenvalue weighted by atomic mass is 10.1. The van der Waals surface area contributed by atoms with Crippen LogP contribution in [0.25, 0.3) is 22.3 Å². The first kappa shape index (κ1) is 11.3. The Morgan fingerprint density at radius 1 is 0.947 bits per heavy atom. The lowest BCUT2D eigenvalue weighted by Gasteiger charge is -2.05. The monoisotopic (exact) mass is 254 g/mol. The van der Waals surface area contributed by atoms with E-state index in [1.807, 2.05) is 30.3 Å². The van der Waals surface area contributed by atoms with Gasteiger partial charge in [-0.15, -0.1) is 0 Å². The van der Waals surface area contributed by atoms with E-state index in [-0.39, 0.29) is 27.9 Å². The second-order valence-electron chi connectivity index (χ2n) is 4.18. The number of phenolic OH excluding ortho intramolecular Hbond substituents is 2. The van der Waals surface area contributed by atoms with E-state index in [2.05, 4.69) is 0 Å². The first-order valence-corrected chi connectivity index (χ1v) is 5.70. The van der Waals surface area contributed by atoms with Gasteiger partial charge in [0.1, 0.15) is 11.5 Å². The lowest BCUT2D eigenvalue weighted by Crippen LogP contribution is -2.00. The van der Waals surface area contributed by atoms with Crippen molar-refractivity contribution in [1.29, 1.82) is 0 Å². The van der Waals surface area contributed by atoms with E-state index in [0.29, 0.717) is 5.76 Å². The Hall–Kier alpha value is -2.75. The molecule has 0 aliphatic carbocycles. The molecule has 4 nitrogen and oxygen atoms in total. The summed E-state index contributed by atoms with van der Waals surface area (Å²) < 4.78 is 5.55. The van der Waals surface area contributed by atoms with Crippen LogP contribution in [0.5, 0.6) is 11.5 Å². The van der Waals surface area contributed by atoms with Gasteiger partial charge in [0.05, 0.1) is 5.39 Å². The van der Waals surface area contributed by atoms with Gasteiger partial charge in [-0.25, -0.2) is 0 Å². The number of hydrogen-bond donors (Lipinski definition) is 2. The largest absolute Gasteiger partial charge is 0.508 e. The number of hydrogen-bond acceptors (Lipinski definition) is 4. The van der Waals surface area contributed by atoms with Crippen molar-refractivity contribution in [2.45, 2.75) is 0 Å². The zero-order valence-electron chi connectivity index (χ0n) is 9.83. The van der Waals surface area contributed by atoms with E-state index in [1.165, 1.54) is 12.1 Å². The first-order chi connectivity index (χ1) is 9.15. The van der Waals surface area contributed by atoms with Crippen LogP contribution in [0, 0.1) is 0 Å². The highest BCUT2D eigenvalue weighted by Gasteiger charge is 2.11. The number of phenols is 2. The molecule has 94 valence electrons. The van der Waals surface area contributed by atoms with Crippen molar-refractivity contribution in [1.82, 2.24) is 0 Å². The van der Waals surface area contributed by atoms with Crippen LogP contribution in [0.1, 0.15) is 0 Å². The van der Waals surface area contributed by atoms with E-state index in [9.17, 15) is 15.0 Å². The topological polar surface area (TPSA) is 70.7 Å². The standard InChI is InChI=1S/C15H10O4/c16-10-6-11-12(17)8-14(9-4-2-1-3-5-9)19-15(11)13(18)7-10/h1-8,16,18H. The third-order valence-corrected chi connectivity index (χ3v) is 2.85. The van der Waals surface area contributed by atoms with E-state index in [0.717, 1.165) is 11.6 Å². The van der Waals surface area contributed by atoms with Crippen molar-refractivity contribution in [3.63, 3.8) is 0 Å². The number of benzene rings is 2. The van der Waals surface area contributed by atoms with Crippen molar-refractivity contribution in [3.05, 3.63) is 58.8 Å². The van der Waals surface area contributed by atoms with Gasteiger partial charge in [-0.3, -0.25) is 4.79 Å². The van der Waals surface area contributed by atoms with Crippen LogP contribution >= 0.6 is 0 Å². The van der Waals surface area contributed by atoms with Crippen LogP contribution in [0.4, 0.5) is 0 Å². The smallest absolute Gasteiger partial charge is 0.193 e. The Bertz CT molecular complexity index is 803. The third kappa shape index (κ3) is 1.93. The zero-order chi connectivity index (χ0) is 13.4. The molecule has 0 bridgehead atoms. The molecule has 0 aliphatic heterocycles. The molecule has 1 heterocycles. The summed E-state index contributed by atoms with van der Waals surface area (Å²) in [5, 5.41) is 19.3. The predicted molar refractivity (Wildman–Crippen MR) is 71.2 cm³/mol. The quantitative estimate of drug-likeness (QED) is 0.700. The molecule has 0 fully saturated rings. The van der Waals surface area contributed by atoms with E-state index < -0.39 is 0 Å². The summed E-state index contributed by atoms with van der Waals surface area (Å²) in [6.07, 6.45) is 0. The fourth-order valence-corrected chi connectivity index (χ4v) is 1.97. The van der Waals surface area contributed by atoms with Gasteiger partial charge < -0.3 is 14.6 Å². The molecule has 0 amide bonds. The van der Waals surface area contributed by atoms with Gasteiger partial charge in [-0.1, -0.05) is 30.3 Å². The molecule has 2 N–H and O–H groups in total. The lowest BCUT2D eigenvalue weighted by molar-refractivity contribution is 0.445. The third-order valence-electron chi connectivity index (χ3n) is 2.85. The molecule has 19 heavy (non-hydrogen) atoms. The molecule has 0 atom stereocenters. The summed E-state index contributed by atoms with van der Waals surface area (Å²) in [7, 11) is 0. The minimum Gasteiger partial charge on any atom is -0.508 e. The summed E-state index contributed by atoms with van der Waals surface area (Å²) in [6, 6.07) is 12.9. The summed E-state index contributed by atoms with van der Waals surface area (Å²) in [4.78, 5) is 12.0. The van der Waals surface area contributed by atoms with Crippen LogP contribution < -0.4 is 5.43 Å². The van der Waals surface area contributed by atoms with Gasteiger partial charge in [0.25, 0.3) is 0 Å². The summed E-state index contributed by atoms with van der Waals surface area (Å²) >= 11 is 0. The molecule has 4 heteroatoms. The Balaban J connectivity index is 2.34. The number of rotatable bonds is 1. The molecule has 0 saturated heterocycles. The van der Waals surface area contributed by atoms with Crippen molar-refractivity contribution in [3.8, 4) is 22.8 Å². The predicted octanol–water partition coefficient (Wildman–Crippen LogP) is 2.87. The Kier molecular flexibility index (Phi) is 2.49. The summed E-state index contributed by atoms with van der Waals surface area (Å²) in [5.74, 6) is -0.0614. The fourth-order valence-electron chi connectivity index (χ4n) is 1.97. The molecular formula is C15H10O4. The molecule has 2 aromatic carbocycles. The van der Waals surface area contributed by atoms with Crippen molar-refractivity contribution in [2.75, 3.05) is 0 Å². The number of fused-ring (bicyclic) bond motifs is 1. The van der Waals surface area contributed by atoms with E-state index >= 15 is 0 Å². The molecule has 0 unspecified atom stereocenters. The first-order valence-electron chi connectivity index (χ1n) is 5.70. The number of aromatic hydroxyl groups is 2. The van der Waals surface area contributed by atoms with Crippen LogP contribution in [0.15, 0.2) is 57.7 Å². The van der Waals surface area contributed by atoms with Gasteiger partial charge in [-0.2, -0.15) is 0 Å². The van der Waals surface area contributed by atoms with Crippen molar-refractivity contribution in [2.24, 2.45) is 0 Å². The maximum absolute atomic E-state index is 12.0. The van der Waals surface area contributed by atoms with Crippen LogP contribution in [0.3, 0.4) is 0 Å². The van der Waals surface area contributed by atoms with E-state index in [4.69, 9.17) is 4.42 Å². The van der Waals surface area contributed by atoms with Crippen LogP contribution in [0.2, 0.25) is 0 Å².